The first-order valence-corrected chi connectivity index (χ1v) is 5.05. The third-order valence-corrected chi connectivity index (χ3v) is 2.13. The van der Waals surface area contributed by atoms with E-state index >= 15 is 0 Å². The Labute approximate surface area is 81.2 Å². The first-order valence-electron chi connectivity index (χ1n) is 5.05. The lowest BCUT2D eigenvalue weighted by Gasteiger charge is -1.91. The molecule has 1 rings (SSSR count). The summed E-state index contributed by atoms with van der Waals surface area (Å²) in [6, 6.07) is 0.580. The van der Waals surface area contributed by atoms with Gasteiger partial charge in [-0.25, -0.2) is 0 Å². The zero-order valence-electron chi connectivity index (χ0n) is 8.64. The molecule has 1 unspecified atom stereocenters. The van der Waals surface area contributed by atoms with E-state index in [0.29, 0.717) is 6.04 Å². The van der Waals surface area contributed by atoms with Crippen LogP contribution in [0.2, 0.25) is 0 Å². The van der Waals surface area contributed by atoms with Crippen molar-refractivity contribution in [3.63, 3.8) is 0 Å². The summed E-state index contributed by atoms with van der Waals surface area (Å²) in [6.45, 7) is 8.35. The van der Waals surface area contributed by atoms with E-state index in [0.717, 1.165) is 6.42 Å². The summed E-state index contributed by atoms with van der Waals surface area (Å²) in [5, 5.41) is 3.24. The molecule has 0 aliphatic carbocycles. The molecule has 1 heterocycles. The fraction of sp³-hybridized carbons (Fsp3) is 0.500. The Morgan fingerprint density at radius 3 is 2.77 bits per heavy atom. The Morgan fingerprint density at radius 2 is 2.23 bits per heavy atom. The van der Waals surface area contributed by atoms with E-state index in [4.69, 9.17) is 0 Å². The lowest BCUT2D eigenvalue weighted by molar-refractivity contribution is 0.953. The minimum absolute atomic E-state index is 0.580. The number of nitrogens with one attached hydrogen (secondary N) is 1. The molecule has 1 heteroatoms. The summed E-state index contributed by atoms with van der Waals surface area (Å²) in [5.41, 5.74) is 2.52. The monoisotopic (exact) mass is 177 g/mol. The number of rotatable bonds is 5. The predicted octanol–water partition coefficient (Wildman–Crippen LogP) is 3.16. The van der Waals surface area contributed by atoms with Crippen LogP contribution in [0.15, 0.2) is 36.1 Å². The van der Waals surface area contributed by atoms with Crippen LogP contribution in [-0.4, -0.2) is 6.04 Å². The summed E-state index contributed by atoms with van der Waals surface area (Å²) in [6.07, 6.45) is 9.98. The number of unbranched alkanes of at least 4 members (excludes halogenated alkanes) is 1. The number of hydrogen-bond acceptors (Lipinski definition) is 1. The third-order valence-electron chi connectivity index (χ3n) is 2.13. The van der Waals surface area contributed by atoms with Gasteiger partial charge in [0.1, 0.15) is 0 Å². The summed E-state index contributed by atoms with van der Waals surface area (Å²) in [4.78, 5) is 0. The molecule has 0 saturated carbocycles. The topological polar surface area (TPSA) is 21.9 Å². The third kappa shape index (κ3) is 3.97. The van der Waals surface area contributed by atoms with E-state index in [1.165, 1.54) is 24.1 Å². The SMILES string of the molecule is C=C(/C=C1/NC1C)C/C=C\CCC. The minimum Gasteiger partial charge on any atom is -0.379 e. The van der Waals surface area contributed by atoms with E-state index in [1.807, 2.05) is 0 Å². The summed E-state index contributed by atoms with van der Waals surface area (Å²) in [5.74, 6) is 0. The van der Waals surface area contributed by atoms with Crippen molar-refractivity contribution in [1.82, 2.24) is 5.32 Å². The standard InChI is InChI=1S/C12H19N/c1-4-5-6-7-8-10(2)9-12-11(3)13-12/h6-7,9,11,13H,2,4-5,8H2,1,3H3/b7-6-,12-9+. The van der Waals surface area contributed by atoms with Crippen LogP contribution in [0.25, 0.3) is 0 Å². The van der Waals surface area contributed by atoms with Gasteiger partial charge in [0, 0.05) is 5.70 Å². The summed E-state index contributed by atoms with van der Waals surface area (Å²) < 4.78 is 0. The molecule has 0 aromatic heterocycles. The second-order valence-corrected chi connectivity index (χ2v) is 3.59. The lowest BCUT2D eigenvalue weighted by Crippen LogP contribution is -1.73. The molecule has 13 heavy (non-hydrogen) atoms. The van der Waals surface area contributed by atoms with Crippen LogP contribution in [0, 0.1) is 0 Å². The molecule has 0 spiro atoms. The van der Waals surface area contributed by atoms with Gasteiger partial charge in [0.05, 0.1) is 6.04 Å². The van der Waals surface area contributed by atoms with Crippen molar-refractivity contribution in [1.29, 1.82) is 0 Å². The molecule has 0 amide bonds. The molecule has 0 radical (unpaired) electrons. The first-order chi connectivity index (χ1) is 6.24. The van der Waals surface area contributed by atoms with Crippen molar-refractivity contribution in [2.45, 2.75) is 39.2 Å². The highest BCUT2D eigenvalue weighted by Gasteiger charge is 2.21. The molecule has 1 nitrogen and oxygen atoms in total. The van der Waals surface area contributed by atoms with Crippen LogP contribution in [0.3, 0.4) is 0 Å². The molecule has 0 bridgehead atoms. The Morgan fingerprint density at radius 1 is 1.54 bits per heavy atom. The molecule has 1 atom stereocenters. The molecule has 1 aliphatic rings. The molecular weight excluding hydrogens is 158 g/mol. The lowest BCUT2D eigenvalue weighted by atomic mass is 10.1. The van der Waals surface area contributed by atoms with Gasteiger partial charge in [-0.05, 0) is 31.4 Å². The average molecular weight is 177 g/mol. The van der Waals surface area contributed by atoms with Gasteiger partial charge in [-0.3, -0.25) is 0 Å². The van der Waals surface area contributed by atoms with E-state index < -0.39 is 0 Å². The highest BCUT2D eigenvalue weighted by molar-refractivity contribution is 5.32. The van der Waals surface area contributed by atoms with Crippen molar-refractivity contribution in [2.75, 3.05) is 0 Å². The van der Waals surface area contributed by atoms with Gasteiger partial charge in [0.25, 0.3) is 0 Å². The Kier molecular flexibility index (Phi) is 3.81. The van der Waals surface area contributed by atoms with Gasteiger partial charge < -0.3 is 5.32 Å². The van der Waals surface area contributed by atoms with Crippen LogP contribution in [0.4, 0.5) is 0 Å². The van der Waals surface area contributed by atoms with Crippen LogP contribution in [0.5, 0.6) is 0 Å². The van der Waals surface area contributed by atoms with Crippen molar-refractivity contribution in [2.24, 2.45) is 0 Å². The molecular formula is C12H19N. The number of allylic oxidation sites excluding steroid dienone is 4. The fourth-order valence-corrected chi connectivity index (χ4v) is 1.17. The minimum atomic E-state index is 0.580. The molecule has 1 aliphatic heterocycles. The normalized spacial score (nSPS) is 23.5. The number of hydrogen-bond donors (Lipinski definition) is 1. The van der Waals surface area contributed by atoms with Crippen LogP contribution in [0.1, 0.15) is 33.1 Å². The van der Waals surface area contributed by atoms with Gasteiger partial charge in [-0.2, -0.15) is 0 Å². The maximum Gasteiger partial charge on any atom is 0.0629 e. The van der Waals surface area contributed by atoms with Crippen LogP contribution in [-0.2, 0) is 0 Å². The molecule has 0 aromatic rings. The van der Waals surface area contributed by atoms with Gasteiger partial charge >= 0.3 is 0 Å². The zero-order chi connectivity index (χ0) is 9.68. The summed E-state index contributed by atoms with van der Waals surface area (Å²) >= 11 is 0. The molecule has 1 N–H and O–H groups in total. The maximum atomic E-state index is 4.00. The second-order valence-electron chi connectivity index (χ2n) is 3.59. The molecule has 1 saturated heterocycles. The van der Waals surface area contributed by atoms with Gasteiger partial charge in [-0.15, -0.1) is 0 Å². The average Bonchev–Trinajstić information content (AvgIpc) is 2.76. The quantitative estimate of drug-likeness (QED) is 0.505. The predicted molar refractivity (Wildman–Crippen MR) is 58.5 cm³/mol. The molecule has 1 fully saturated rings. The van der Waals surface area contributed by atoms with Crippen molar-refractivity contribution < 1.29 is 0 Å². The van der Waals surface area contributed by atoms with Gasteiger partial charge in [0.2, 0.25) is 0 Å². The fourth-order valence-electron chi connectivity index (χ4n) is 1.17. The van der Waals surface area contributed by atoms with E-state index in [2.05, 4.69) is 44.0 Å². The highest BCUT2D eigenvalue weighted by Crippen LogP contribution is 2.17. The smallest absolute Gasteiger partial charge is 0.0629 e. The van der Waals surface area contributed by atoms with Crippen molar-refractivity contribution >= 4 is 0 Å². The van der Waals surface area contributed by atoms with Crippen LogP contribution < -0.4 is 5.32 Å². The van der Waals surface area contributed by atoms with E-state index in [1.54, 1.807) is 0 Å². The van der Waals surface area contributed by atoms with E-state index in [9.17, 15) is 0 Å². The highest BCUT2D eigenvalue weighted by atomic mass is 15.1. The Balaban J connectivity index is 2.19. The molecule has 72 valence electrons. The zero-order valence-corrected chi connectivity index (χ0v) is 8.64. The van der Waals surface area contributed by atoms with E-state index in [-0.39, 0.29) is 0 Å². The van der Waals surface area contributed by atoms with Gasteiger partial charge in [0.15, 0.2) is 0 Å². The van der Waals surface area contributed by atoms with Crippen LogP contribution >= 0.6 is 0 Å². The first kappa shape index (κ1) is 10.1. The summed E-state index contributed by atoms with van der Waals surface area (Å²) in [7, 11) is 0. The Hall–Kier alpha value is -0.980. The molecule has 0 aromatic carbocycles. The Bertz CT molecular complexity index is 236. The second kappa shape index (κ2) is 4.90. The van der Waals surface area contributed by atoms with Gasteiger partial charge in [-0.1, -0.05) is 32.1 Å². The largest absolute Gasteiger partial charge is 0.379 e. The van der Waals surface area contributed by atoms with Crippen molar-refractivity contribution in [3.05, 3.63) is 36.1 Å². The van der Waals surface area contributed by atoms with Crippen molar-refractivity contribution in [3.8, 4) is 0 Å². The maximum absolute atomic E-state index is 4.00.